The second-order valence-corrected chi connectivity index (χ2v) is 5.97. The number of aliphatic hydroxyl groups is 1. The van der Waals surface area contributed by atoms with E-state index in [1.54, 1.807) is 6.92 Å². The molecule has 3 N–H and O–H groups in total. The summed E-state index contributed by atoms with van der Waals surface area (Å²) in [5.41, 5.74) is -0.293. The highest BCUT2D eigenvalue weighted by molar-refractivity contribution is 5.73. The summed E-state index contributed by atoms with van der Waals surface area (Å²) in [6.07, 6.45) is 0. The summed E-state index contributed by atoms with van der Waals surface area (Å²) < 4.78 is 0. The van der Waals surface area contributed by atoms with Crippen LogP contribution in [0.25, 0.3) is 0 Å². The van der Waals surface area contributed by atoms with Crippen LogP contribution in [0, 0.1) is 0 Å². The molecule has 1 atom stereocenters. The van der Waals surface area contributed by atoms with E-state index in [0.717, 1.165) is 18.7 Å². The molecule has 0 aliphatic heterocycles. The minimum absolute atomic E-state index is 0.171. The minimum atomic E-state index is -1.08. The lowest BCUT2D eigenvalue weighted by molar-refractivity contribution is 0.0593. The molecular formula is C17H29N3O2. The van der Waals surface area contributed by atoms with Crippen molar-refractivity contribution in [1.29, 1.82) is 0 Å². The van der Waals surface area contributed by atoms with E-state index in [1.807, 2.05) is 30.3 Å². The van der Waals surface area contributed by atoms with Gasteiger partial charge in [0, 0.05) is 19.1 Å². The summed E-state index contributed by atoms with van der Waals surface area (Å²) >= 11 is 0. The summed E-state index contributed by atoms with van der Waals surface area (Å²) in [4.78, 5) is 14.1. The minimum Gasteiger partial charge on any atom is -0.384 e. The number of hydrogen-bond donors (Lipinski definition) is 3. The predicted molar refractivity (Wildman–Crippen MR) is 89.8 cm³/mol. The van der Waals surface area contributed by atoms with Crippen molar-refractivity contribution in [3.8, 4) is 0 Å². The number of benzene rings is 1. The summed E-state index contributed by atoms with van der Waals surface area (Å²) in [5, 5.41) is 16.0. The van der Waals surface area contributed by atoms with Gasteiger partial charge in [-0.15, -0.1) is 0 Å². The molecule has 0 saturated carbocycles. The van der Waals surface area contributed by atoms with E-state index in [4.69, 9.17) is 0 Å². The highest BCUT2D eigenvalue weighted by Crippen LogP contribution is 2.18. The average molecular weight is 307 g/mol. The van der Waals surface area contributed by atoms with Crippen molar-refractivity contribution in [3.05, 3.63) is 35.9 Å². The molecule has 1 aromatic rings. The van der Waals surface area contributed by atoms with Crippen molar-refractivity contribution >= 4 is 6.03 Å². The van der Waals surface area contributed by atoms with Crippen molar-refractivity contribution < 1.29 is 9.90 Å². The maximum absolute atomic E-state index is 11.8. The summed E-state index contributed by atoms with van der Waals surface area (Å²) in [5.74, 6) is 0. The van der Waals surface area contributed by atoms with Crippen LogP contribution >= 0.6 is 0 Å². The van der Waals surface area contributed by atoms with Gasteiger partial charge in [-0.2, -0.15) is 0 Å². The van der Waals surface area contributed by atoms with Gasteiger partial charge in [0.25, 0.3) is 0 Å². The molecule has 0 spiro atoms. The van der Waals surface area contributed by atoms with Crippen molar-refractivity contribution in [2.75, 3.05) is 26.2 Å². The van der Waals surface area contributed by atoms with E-state index < -0.39 is 5.60 Å². The van der Waals surface area contributed by atoms with Gasteiger partial charge < -0.3 is 15.7 Å². The third-order valence-corrected chi connectivity index (χ3v) is 3.81. The zero-order valence-electron chi connectivity index (χ0n) is 14.1. The third-order valence-electron chi connectivity index (χ3n) is 3.81. The standard InChI is InChI=1S/C17H29N3O2/c1-5-20(14(2)3)12-11-18-16(21)19-13-17(4,22)15-9-7-6-8-10-15/h6-10,14,22H,5,11-13H2,1-4H3,(H2,18,19,21). The Hall–Kier alpha value is -1.59. The van der Waals surface area contributed by atoms with Crippen LogP contribution in [0.1, 0.15) is 33.3 Å². The topological polar surface area (TPSA) is 64.6 Å². The molecule has 0 aromatic heterocycles. The van der Waals surface area contributed by atoms with Gasteiger partial charge in [-0.05, 0) is 32.9 Å². The first-order valence-corrected chi connectivity index (χ1v) is 7.90. The van der Waals surface area contributed by atoms with Crippen LogP contribution < -0.4 is 10.6 Å². The zero-order valence-corrected chi connectivity index (χ0v) is 14.1. The van der Waals surface area contributed by atoms with Crippen LogP contribution in [0.4, 0.5) is 4.79 Å². The molecule has 22 heavy (non-hydrogen) atoms. The number of nitrogens with zero attached hydrogens (tertiary/aromatic N) is 1. The summed E-state index contributed by atoms with van der Waals surface area (Å²) in [6.45, 7) is 10.6. The molecule has 0 aliphatic rings. The highest BCUT2D eigenvalue weighted by atomic mass is 16.3. The Morgan fingerprint density at radius 2 is 1.91 bits per heavy atom. The summed E-state index contributed by atoms with van der Waals surface area (Å²) in [6, 6.07) is 9.55. The molecule has 0 radical (unpaired) electrons. The molecule has 5 nitrogen and oxygen atoms in total. The molecule has 0 fully saturated rings. The van der Waals surface area contributed by atoms with Gasteiger partial charge in [0.15, 0.2) is 0 Å². The maximum atomic E-state index is 11.8. The Bertz CT molecular complexity index is 446. The zero-order chi connectivity index (χ0) is 16.6. The van der Waals surface area contributed by atoms with E-state index in [0.29, 0.717) is 12.6 Å². The Morgan fingerprint density at radius 1 is 1.27 bits per heavy atom. The number of rotatable bonds is 8. The summed E-state index contributed by atoms with van der Waals surface area (Å²) in [7, 11) is 0. The molecule has 124 valence electrons. The molecule has 2 amide bonds. The van der Waals surface area contributed by atoms with E-state index in [2.05, 4.69) is 36.3 Å². The maximum Gasteiger partial charge on any atom is 0.314 e. The van der Waals surface area contributed by atoms with Crippen LogP contribution in [0.2, 0.25) is 0 Å². The van der Waals surface area contributed by atoms with Crippen molar-refractivity contribution in [2.45, 2.75) is 39.3 Å². The number of carbonyl (C=O) groups is 1. The quantitative estimate of drug-likeness (QED) is 0.687. The fourth-order valence-electron chi connectivity index (χ4n) is 2.31. The number of hydrogen-bond acceptors (Lipinski definition) is 3. The van der Waals surface area contributed by atoms with Crippen LogP contribution in [-0.2, 0) is 5.60 Å². The van der Waals surface area contributed by atoms with Crippen molar-refractivity contribution in [1.82, 2.24) is 15.5 Å². The normalized spacial score (nSPS) is 14.0. The Morgan fingerprint density at radius 3 is 2.45 bits per heavy atom. The fourth-order valence-corrected chi connectivity index (χ4v) is 2.31. The van der Waals surface area contributed by atoms with Crippen molar-refractivity contribution in [2.24, 2.45) is 0 Å². The average Bonchev–Trinajstić information content (AvgIpc) is 2.50. The largest absolute Gasteiger partial charge is 0.384 e. The number of likely N-dealkylation sites (N-methyl/N-ethyl adjacent to an activating group) is 1. The van der Waals surface area contributed by atoms with Crippen LogP contribution in [-0.4, -0.2) is 48.3 Å². The van der Waals surface area contributed by atoms with Gasteiger partial charge in [0.2, 0.25) is 0 Å². The van der Waals surface area contributed by atoms with Crippen LogP contribution in [0.15, 0.2) is 30.3 Å². The highest BCUT2D eigenvalue weighted by Gasteiger charge is 2.23. The Balaban J connectivity index is 2.34. The van der Waals surface area contributed by atoms with Gasteiger partial charge in [0.1, 0.15) is 5.60 Å². The molecule has 0 saturated heterocycles. The van der Waals surface area contributed by atoms with Gasteiger partial charge in [-0.25, -0.2) is 4.79 Å². The van der Waals surface area contributed by atoms with Gasteiger partial charge in [-0.1, -0.05) is 37.3 Å². The predicted octanol–water partition coefficient (Wildman–Crippen LogP) is 1.92. The molecule has 5 heteroatoms. The van der Waals surface area contributed by atoms with Crippen LogP contribution in [0.5, 0.6) is 0 Å². The number of nitrogens with one attached hydrogen (secondary N) is 2. The van der Waals surface area contributed by atoms with Crippen molar-refractivity contribution in [3.63, 3.8) is 0 Å². The second kappa shape index (κ2) is 8.76. The molecule has 0 aliphatic carbocycles. The van der Waals surface area contributed by atoms with E-state index in [9.17, 15) is 9.90 Å². The molecule has 1 aromatic carbocycles. The Kier molecular flexibility index (Phi) is 7.35. The number of urea groups is 1. The first-order chi connectivity index (χ1) is 10.4. The van der Waals surface area contributed by atoms with E-state index in [-0.39, 0.29) is 12.6 Å². The number of amides is 2. The lowest BCUT2D eigenvalue weighted by Crippen LogP contribution is -2.46. The van der Waals surface area contributed by atoms with Gasteiger partial charge in [-0.3, -0.25) is 4.90 Å². The van der Waals surface area contributed by atoms with Crippen LogP contribution in [0.3, 0.4) is 0 Å². The first-order valence-electron chi connectivity index (χ1n) is 7.90. The van der Waals surface area contributed by atoms with Gasteiger partial charge in [0.05, 0.1) is 6.54 Å². The van der Waals surface area contributed by atoms with E-state index in [1.165, 1.54) is 0 Å². The molecule has 1 rings (SSSR count). The first kappa shape index (κ1) is 18.5. The molecule has 0 bridgehead atoms. The van der Waals surface area contributed by atoms with E-state index >= 15 is 0 Å². The molecular weight excluding hydrogens is 278 g/mol. The number of carbonyl (C=O) groups excluding carboxylic acids is 1. The second-order valence-electron chi connectivity index (χ2n) is 5.97. The fraction of sp³-hybridized carbons (Fsp3) is 0.588. The Labute approximate surface area is 133 Å². The lowest BCUT2D eigenvalue weighted by Gasteiger charge is -2.26. The lowest BCUT2D eigenvalue weighted by atomic mass is 9.96. The smallest absolute Gasteiger partial charge is 0.314 e. The monoisotopic (exact) mass is 307 g/mol. The molecule has 1 unspecified atom stereocenters. The van der Waals surface area contributed by atoms with Gasteiger partial charge >= 0.3 is 6.03 Å². The third kappa shape index (κ3) is 6.03. The SMILES string of the molecule is CCN(CCNC(=O)NCC(C)(O)c1ccccc1)C(C)C. The molecule has 0 heterocycles.